The average Bonchev–Trinajstić information content (AvgIpc) is 2.58. The van der Waals surface area contributed by atoms with Crippen LogP contribution in [0.5, 0.6) is 0 Å². The zero-order valence-corrected chi connectivity index (χ0v) is 8.75. The second-order valence-corrected chi connectivity index (χ2v) is 2.68. The van der Waals surface area contributed by atoms with E-state index in [-0.39, 0.29) is 24.8 Å². The number of aromatic nitrogens is 2. The highest BCUT2D eigenvalue weighted by Gasteiger charge is 2.04. The van der Waals surface area contributed by atoms with Crippen LogP contribution in [0.1, 0.15) is 12.0 Å². The number of nitrogens with zero attached hydrogens (tertiary/aromatic N) is 1. The smallest absolute Gasteiger partial charge is 0.0562 e. The van der Waals surface area contributed by atoms with Gasteiger partial charge in [-0.25, -0.2) is 0 Å². The van der Waals surface area contributed by atoms with E-state index in [2.05, 4.69) is 21.6 Å². The number of nitrogens with one attached hydrogen (secondary N) is 2. The lowest BCUT2D eigenvalue weighted by molar-refractivity contribution is 0.739. The maximum Gasteiger partial charge on any atom is 0.0562 e. The Kier molecular flexibility index (Phi) is 5.79. The van der Waals surface area contributed by atoms with E-state index >= 15 is 0 Å². The van der Waals surface area contributed by atoms with Gasteiger partial charge in [0.2, 0.25) is 0 Å². The molecule has 0 saturated carbocycles. The average molecular weight is 222 g/mol. The van der Waals surface area contributed by atoms with E-state index in [9.17, 15) is 0 Å². The quantitative estimate of drug-likeness (QED) is 0.758. The number of halogens is 2. The second kappa shape index (κ2) is 6.02. The van der Waals surface area contributed by atoms with Gasteiger partial charge in [0.05, 0.1) is 6.20 Å². The molecule has 1 aliphatic heterocycles. The zero-order valence-electron chi connectivity index (χ0n) is 7.12. The molecule has 2 N–H and O–H groups in total. The summed E-state index contributed by atoms with van der Waals surface area (Å²) >= 11 is 0. The van der Waals surface area contributed by atoms with Crippen LogP contribution in [-0.2, 0) is 0 Å². The number of aromatic amines is 1. The maximum atomic E-state index is 3.90. The van der Waals surface area contributed by atoms with Crippen molar-refractivity contribution in [3.05, 3.63) is 24.0 Å². The Balaban J connectivity index is 0.000000720. The van der Waals surface area contributed by atoms with Crippen LogP contribution < -0.4 is 5.32 Å². The van der Waals surface area contributed by atoms with Crippen molar-refractivity contribution in [2.45, 2.75) is 6.42 Å². The van der Waals surface area contributed by atoms with Gasteiger partial charge in [0.25, 0.3) is 0 Å². The lowest BCUT2D eigenvalue weighted by atomic mass is 10.1. The van der Waals surface area contributed by atoms with Crippen LogP contribution in [0.4, 0.5) is 0 Å². The standard InChI is InChI=1S/C8H11N3.2ClH/c1-2-7(4-9-3-1)8-5-10-11-6-8;;/h2,5-6,9H,1,3-4H2,(H,10,11);2*1H. The normalized spacial score (nSPS) is 15.2. The fourth-order valence-electron chi connectivity index (χ4n) is 1.29. The summed E-state index contributed by atoms with van der Waals surface area (Å²) in [6, 6.07) is 0. The highest BCUT2D eigenvalue weighted by Crippen LogP contribution is 2.13. The lowest BCUT2D eigenvalue weighted by Crippen LogP contribution is -2.21. The van der Waals surface area contributed by atoms with Crippen LogP contribution in [0, 0.1) is 0 Å². The van der Waals surface area contributed by atoms with Gasteiger partial charge in [0.15, 0.2) is 0 Å². The Bertz CT molecular complexity index is 256. The summed E-state index contributed by atoms with van der Waals surface area (Å²) in [6.45, 7) is 2.07. The minimum absolute atomic E-state index is 0. The SMILES string of the molecule is C1=C(c2cn[nH]c2)CNCC1.Cl.Cl. The highest BCUT2D eigenvalue weighted by atomic mass is 35.5. The van der Waals surface area contributed by atoms with Crippen molar-refractivity contribution >= 4 is 30.4 Å². The molecule has 1 aliphatic rings. The molecule has 0 amide bonds. The second-order valence-electron chi connectivity index (χ2n) is 2.68. The van der Waals surface area contributed by atoms with Crippen LogP contribution in [0.15, 0.2) is 18.5 Å². The molecule has 0 atom stereocenters. The van der Waals surface area contributed by atoms with Crippen LogP contribution in [0.2, 0.25) is 0 Å². The van der Waals surface area contributed by atoms with Crippen molar-refractivity contribution in [3.8, 4) is 0 Å². The number of hydrogen-bond acceptors (Lipinski definition) is 2. The third-order valence-corrected chi connectivity index (χ3v) is 1.90. The molecule has 1 aromatic rings. The first-order valence-corrected chi connectivity index (χ1v) is 3.86. The van der Waals surface area contributed by atoms with Crippen LogP contribution >= 0.6 is 24.8 Å². The minimum Gasteiger partial charge on any atom is -0.312 e. The first kappa shape index (κ1) is 12.5. The van der Waals surface area contributed by atoms with Gasteiger partial charge in [-0.15, -0.1) is 24.8 Å². The summed E-state index contributed by atoms with van der Waals surface area (Å²) in [6.07, 6.45) is 7.18. The van der Waals surface area contributed by atoms with E-state index in [1.165, 1.54) is 11.1 Å². The third-order valence-electron chi connectivity index (χ3n) is 1.90. The molecule has 0 fully saturated rings. The molecular formula is C8H13Cl2N3. The molecule has 5 heteroatoms. The highest BCUT2D eigenvalue weighted by molar-refractivity contribution is 5.85. The zero-order chi connectivity index (χ0) is 7.52. The molecule has 0 unspecified atom stereocenters. The number of hydrogen-bond donors (Lipinski definition) is 2. The van der Waals surface area contributed by atoms with E-state index < -0.39 is 0 Å². The van der Waals surface area contributed by atoms with Gasteiger partial charge in [0, 0.05) is 18.3 Å². The van der Waals surface area contributed by atoms with Crippen molar-refractivity contribution in [3.63, 3.8) is 0 Å². The lowest BCUT2D eigenvalue weighted by Gasteiger charge is -2.11. The van der Waals surface area contributed by atoms with Gasteiger partial charge >= 0.3 is 0 Å². The molecule has 2 heterocycles. The van der Waals surface area contributed by atoms with Crippen LogP contribution in [0.25, 0.3) is 5.57 Å². The van der Waals surface area contributed by atoms with E-state index in [1.54, 1.807) is 0 Å². The summed E-state index contributed by atoms with van der Waals surface area (Å²) in [4.78, 5) is 0. The van der Waals surface area contributed by atoms with Gasteiger partial charge in [-0.2, -0.15) is 5.10 Å². The third kappa shape index (κ3) is 3.03. The molecular weight excluding hydrogens is 209 g/mol. The van der Waals surface area contributed by atoms with Gasteiger partial charge < -0.3 is 5.32 Å². The Morgan fingerprint density at radius 1 is 1.31 bits per heavy atom. The largest absolute Gasteiger partial charge is 0.312 e. The molecule has 3 nitrogen and oxygen atoms in total. The summed E-state index contributed by atoms with van der Waals surface area (Å²) in [5.74, 6) is 0. The van der Waals surface area contributed by atoms with Crippen molar-refractivity contribution in [1.29, 1.82) is 0 Å². The van der Waals surface area contributed by atoms with Crippen molar-refractivity contribution in [2.75, 3.05) is 13.1 Å². The van der Waals surface area contributed by atoms with Gasteiger partial charge in [-0.3, -0.25) is 5.10 Å². The van der Waals surface area contributed by atoms with Gasteiger partial charge in [-0.1, -0.05) is 6.08 Å². The Hall–Kier alpha value is -0.510. The van der Waals surface area contributed by atoms with E-state index in [0.717, 1.165) is 19.5 Å². The molecule has 74 valence electrons. The van der Waals surface area contributed by atoms with Gasteiger partial charge in [-0.05, 0) is 18.5 Å². The topological polar surface area (TPSA) is 40.7 Å². The first-order chi connectivity index (χ1) is 5.47. The summed E-state index contributed by atoms with van der Waals surface area (Å²) in [5.41, 5.74) is 2.56. The fourth-order valence-corrected chi connectivity index (χ4v) is 1.29. The van der Waals surface area contributed by atoms with Crippen molar-refractivity contribution in [2.24, 2.45) is 0 Å². The van der Waals surface area contributed by atoms with Crippen LogP contribution in [0.3, 0.4) is 0 Å². The molecule has 1 aromatic heterocycles. The Labute approximate surface area is 89.8 Å². The molecule has 0 aliphatic carbocycles. The predicted molar refractivity (Wildman–Crippen MR) is 58.5 cm³/mol. The van der Waals surface area contributed by atoms with Crippen molar-refractivity contribution < 1.29 is 0 Å². The van der Waals surface area contributed by atoms with E-state index in [4.69, 9.17) is 0 Å². The molecule has 0 radical (unpaired) electrons. The van der Waals surface area contributed by atoms with E-state index in [0.29, 0.717) is 0 Å². The Morgan fingerprint density at radius 2 is 2.15 bits per heavy atom. The summed E-state index contributed by atoms with van der Waals surface area (Å²) in [5, 5.41) is 10.0. The monoisotopic (exact) mass is 221 g/mol. The molecule has 0 saturated heterocycles. The molecule has 0 bridgehead atoms. The van der Waals surface area contributed by atoms with Crippen molar-refractivity contribution in [1.82, 2.24) is 15.5 Å². The summed E-state index contributed by atoms with van der Waals surface area (Å²) in [7, 11) is 0. The number of H-pyrrole nitrogens is 1. The maximum absolute atomic E-state index is 3.90. The first-order valence-electron chi connectivity index (χ1n) is 3.86. The van der Waals surface area contributed by atoms with E-state index in [1.807, 2.05) is 12.4 Å². The Morgan fingerprint density at radius 3 is 2.69 bits per heavy atom. The molecule has 2 rings (SSSR count). The summed E-state index contributed by atoms with van der Waals surface area (Å²) < 4.78 is 0. The fraction of sp³-hybridized carbons (Fsp3) is 0.375. The predicted octanol–water partition coefficient (Wildman–Crippen LogP) is 1.63. The number of rotatable bonds is 1. The van der Waals surface area contributed by atoms with Gasteiger partial charge in [0.1, 0.15) is 0 Å². The van der Waals surface area contributed by atoms with Crippen LogP contribution in [-0.4, -0.2) is 23.3 Å². The molecule has 0 aromatic carbocycles. The minimum atomic E-state index is 0. The molecule has 0 spiro atoms. The molecule has 13 heavy (non-hydrogen) atoms.